The van der Waals surface area contributed by atoms with Gasteiger partial charge in [0.15, 0.2) is 6.04 Å². The molecule has 1 unspecified atom stereocenters. The molecule has 138 valence electrons. The van der Waals surface area contributed by atoms with Gasteiger partial charge in [-0.1, -0.05) is 47.5 Å². The molecule has 0 saturated heterocycles. The Bertz CT molecular complexity index is 788. The van der Waals surface area contributed by atoms with Gasteiger partial charge in [-0.25, -0.2) is 4.79 Å². The van der Waals surface area contributed by atoms with E-state index in [1.165, 1.54) is 18.2 Å². The molecule has 0 aliphatic heterocycles. The second kappa shape index (κ2) is 8.42. The Morgan fingerprint density at radius 2 is 1.73 bits per heavy atom. The van der Waals surface area contributed by atoms with Gasteiger partial charge in [-0.05, 0) is 25.5 Å². The van der Waals surface area contributed by atoms with Crippen molar-refractivity contribution in [2.75, 3.05) is 0 Å². The summed E-state index contributed by atoms with van der Waals surface area (Å²) in [5.41, 5.74) is 2.43. The molecule has 0 fully saturated rings. The monoisotopic (exact) mass is 363 g/mol. The molecule has 2 N–H and O–H groups in total. The lowest BCUT2D eigenvalue weighted by atomic mass is 10.0. The minimum Gasteiger partial charge on any atom is -0.479 e. The van der Waals surface area contributed by atoms with Gasteiger partial charge in [0.2, 0.25) is 5.91 Å². The number of carboxylic acid groups (broad SMARTS) is 1. The van der Waals surface area contributed by atoms with Crippen LogP contribution in [0.3, 0.4) is 0 Å². The molecule has 0 aliphatic carbocycles. The summed E-state index contributed by atoms with van der Waals surface area (Å²) in [6.07, 6.45) is -0.280. The van der Waals surface area contributed by atoms with E-state index < -0.39 is 24.5 Å². The van der Waals surface area contributed by atoms with Crippen molar-refractivity contribution in [2.45, 2.75) is 32.9 Å². The average molecular weight is 363 g/mol. The number of benzene rings is 2. The molecule has 0 aliphatic rings. The Hall–Kier alpha value is -2.96. The highest BCUT2D eigenvalue weighted by molar-refractivity contribution is 5.86. The van der Waals surface area contributed by atoms with Crippen LogP contribution in [0, 0.1) is 13.8 Å². The summed E-state index contributed by atoms with van der Waals surface area (Å²) in [4.78, 5) is 23.9. The van der Waals surface area contributed by atoms with Crippen molar-refractivity contribution in [3.63, 3.8) is 0 Å². The SMILES string of the molecule is Cc1cc(C)cc(C(NC(=O)Cc2ccccc2OC(F)F)C(=O)O)c1. The van der Waals surface area contributed by atoms with E-state index in [0.717, 1.165) is 11.1 Å². The van der Waals surface area contributed by atoms with Crippen LogP contribution in [-0.4, -0.2) is 23.6 Å². The van der Waals surface area contributed by atoms with Gasteiger partial charge in [0, 0.05) is 5.56 Å². The van der Waals surface area contributed by atoms with E-state index >= 15 is 0 Å². The number of hydrogen-bond donors (Lipinski definition) is 2. The first-order chi connectivity index (χ1) is 12.3. The number of alkyl halides is 2. The van der Waals surface area contributed by atoms with Gasteiger partial charge in [0.25, 0.3) is 0 Å². The molecular formula is C19H19F2NO4. The van der Waals surface area contributed by atoms with Crippen LogP contribution in [0.5, 0.6) is 5.75 Å². The van der Waals surface area contributed by atoms with Crippen LogP contribution in [0.25, 0.3) is 0 Å². The highest BCUT2D eigenvalue weighted by atomic mass is 19.3. The number of aliphatic carboxylic acids is 1. The Balaban J connectivity index is 2.18. The number of hydrogen-bond acceptors (Lipinski definition) is 3. The van der Waals surface area contributed by atoms with Gasteiger partial charge in [0.05, 0.1) is 6.42 Å². The average Bonchev–Trinajstić information content (AvgIpc) is 2.52. The molecule has 1 amide bonds. The summed E-state index contributed by atoms with van der Waals surface area (Å²) >= 11 is 0. The van der Waals surface area contributed by atoms with E-state index in [0.29, 0.717) is 5.56 Å². The number of carboxylic acids is 1. The highest BCUT2D eigenvalue weighted by Crippen LogP contribution is 2.22. The lowest BCUT2D eigenvalue weighted by Gasteiger charge is -2.17. The minimum atomic E-state index is -3.01. The number of para-hydroxylation sites is 1. The molecule has 0 saturated carbocycles. The summed E-state index contributed by atoms with van der Waals surface area (Å²) in [6.45, 7) is 0.644. The Morgan fingerprint density at radius 1 is 1.12 bits per heavy atom. The third-order valence-corrected chi connectivity index (χ3v) is 3.67. The first kappa shape index (κ1) is 19.4. The predicted octanol–water partition coefficient (Wildman–Crippen LogP) is 3.39. The van der Waals surface area contributed by atoms with Crippen LogP contribution in [0.1, 0.15) is 28.3 Å². The van der Waals surface area contributed by atoms with Gasteiger partial charge in [-0.2, -0.15) is 8.78 Å². The number of amides is 1. The summed E-state index contributed by atoms with van der Waals surface area (Å²) in [6, 6.07) is 9.91. The molecule has 2 aromatic rings. The predicted molar refractivity (Wildman–Crippen MR) is 91.2 cm³/mol. The van der Waals surface area contributed by atoms with Crippen LogP contribution >= 0.6 is 0 Å². The van der Waals surface area contributed by atoms with E-state index in [1.807, 2.05) is 19.9 Å². The lowest BCUT2D eigenvalue weighted by molar-refractivity contribution is -0.142. The Labute approximate surface area is 149 Å². The van der Waals surface area contributed by atoms with Gasteiger partial charge in [0.1, 0.15) is 5.75 Å². The molecule has 0 heterocycles. The molecule has 26 heavy (non-hydrogen) atoms. The van der Waals surface area contributed by atoms with Crippen LogP contribution in [0.4, 0.5) is 8.78 Å². The molecule has 2 aromatic carbocycles. The first-order valence-corrected chi connectivity index (χ1v) is 7.89. The number of aryl methyl sites for hydroxylation is 2. The summed E-state index contributed by atoms with van der Waals surface area (Å²) in [7, 11) is 0. The second-order valence-electron chi connectivity index (χ2n) is 5.92. The van der Waals surface area contributed by atoms with E-state index in [4.69, 9.17) is 0 Å². The highest BCUT2D eigenvalue weighted by Gasteiger charge is 2.23. The summed E-state index contributed by atoms with van der Waals surface area (Å²) < 4.78 is 29.3. The number of halogens is 2. The van der Waals surface area contributed by atoms with Crippen molar-refractivity contribution in [1.29, 1.82) is 0 Å². The largest absolute Gasteiger partial charge is 0.479 e. The van der Waals surface area contributed by atoms with Crippen LogP contribution in [0.15, 0.2) is 42.5 Å². The van der Waals surface area contributed by atoms with Crippen molar-refractivity contribution < 1.29 is 28.2 Å². The fourth-order valence-electron chi connectivity index (χ4n) is 2.71. The summed E-state index contributed by atoms with van der Waals surface area (Å²) in [5, 5.41) is 11.9. The Kier molecular flexibility index (Phi) is 6.27. The van der Waals surface area contributed by atoms with Crippen LogP contribution in [0.2, 0.25) is 0 Å². The van der Waals surface area contributed by atoms with Gasteiger partial charge in [-0.3, -0.25) is 4.79 Å². The van der Waals surface area contributed by atoms with Crippen molar-refractivity contribution in [3.8, 4) is 5.75 Å². The van der Waals surface area contributed by atoms with Crippen LogP contribution < -0.4 is 10.1 Å². The van der Waals surface area contributed by atoms with Crippen LogP contribution in [-0.2, 0) is 16.0 Å². The number of nitrogens with one attached hydrogen (secondary N) is 1. The maximum absolute atomic E-state index is 12.5. The van der Waals surface area contributed by atoms with Crippen molar-refractivity contribution >= 4 is 11.9 Å². The first-order valence-electron chi connectivity index (χ1n) is 7.89. The molecule has 0 spiro atoms. The normalized spacial score (nSPS) is 11.9. The van der Waals surface area contributed by atoms with Crippen molar-refractivity contribution in [1.82, 2.24) is 5.32 Å². The number of carbonyl (C=O) groups is 2. The Morgan fingerprint density at radius 3 is 2.31 bits per heavy atom. The van der Waals surface area contributed by atoms with Crippen molar-refractivity contribution in [2.24, 2.45) is 0 Å². The number of ether oxygens (including phenoxy) is 1. The van der Waals surface area contributed by atoms with Crippen molar-refractivity contribution in [3.05, 3.63) is 64.7 Å². The fourth-order valence-corrected chi connectivity index (χ4v) is 2.71. The zero-order chi connectivity index (χ0) is 19.3. The topological polar surface area (TPSA) is 75.6 Å². The molecule has 0 bridgehead atoms. The fraction of sp³-hybridized carbons (Fsp3) is 0.263. The molecule has 5 nitrogen and oxygen atoms in total. The number of carbonyl (C=O) groups excluding carboxylic acids is 1. The van der Waals surface area contributed by atoms with E-state index in [9.17, 15) is 23.5 Å². The molecular weight excluding hydrogens is 344 g/mol. The third-order valence-electron chi connectivity index (χ3n) is 3.67. The maximum Gasteiger partial charge on any atom is 0.387 e. The van der Waals surface area contributed by atoms with E-state index in [1.54, 1.807) is 18.2 Å². The standard InChI is InChI=1S/C19H19F2NO4/c1-11-7-12(2)9-14(8-11)17(18(24)25)22-16(23)10-13-5-3-4-6-15(13)26-19(20)21/h3-9,17,19H,10H2,1-2H3,(H,22,23)(H,24,25). The molecule has 2 rings (SSSR count). The smallest absolute Gasteiger partial charge is 0.387 e. The molecule has 7 heteroatoms. The second-order valence-corrected chi connectivity index (χ2v) is 5.92. The molecule has 0 radical (unpaired) electrons. The van der Waals surface area contributed by atoms with Gasteiger partial charge < -0.3 is 15.2 Å². The quantitative estimate of drug-likeness (QED) is 0.791. The molecule has 0 aromatic heterocycles. The van der Waals surface area contributed by atoms with Gasteiger partial charge in [-0.15, -0.1) is 0 Å². The van der Waals surface area contributed by atoms with E-state index in [-0.39, 0.29) is 17.7 Å². The van der Waals surface area contributed by atoms with Gasteiger partial charge >= 0.3 is 12.6 Å². The third kappa shape index (κ3) is 5.27. The minimum absolute atomic E-state index is 0.115. The zero-order valence-electron chi connectivity index (χ0n) is 14.3. The lowest BCUT2D eigenvalue weighted by Crippen LogP contribution is -2.35. The zero-order valence-corrected chi connectivity index (χ0v) is 14.3. The molecule has 1 atom stereocenters. The van der Waals surface area contributed by atoms with E-state index in [2.05, 4.69) is 10.1 Å². The maximum atomic E-state index is 12.5. The number of rotatable bonds is 7. The summed E-state index contributed by atoms with van der Waals surface area (Å²) in [5.74, 6) is -1.93.